The molecule has 0 amide bonds. The van der Waals surface area contributed by atoms with Gasteiger partial charge in [0.1, 0.15) is 5.82 Å². The summed E-state index contributed by atoms with van der Waals surface area (Å²) in [5.74, 6) is -0.203. The molecule has 0 heterocycles. The smallest absolute Gasteiger partial charge is 0.207 e. The fourth-order valence-corrected chi connectivity index (χ4v) is 3.24. The molecule has 0 aliphatic heterocycles. The van der Waals surface area contributed by atoms with Gasteiger partial charge in [-0.2, -0.15) is 0 Å². The van der Waals surface area contributed by atoms with Crippen molar-refractivity contribution in [3.8, 4) is 0 Å². The van der Waals surface area contributed by atoms with Gasteiger partial charge in [0, 0.05) is 11.4 Å². The van der Waals surface area contributed by atoms with Gasteiger partial charge in [-0.1, -0.05) is 0 Å². The van der Waals surface area contributed by atoms with Crippen molar-refractivity contribution in [2.24, 2.45) is 0 Å². The van der Waals surface area contributed by atoms with Gasteiger partial charge in [0.05, 0.1) is 4.90 Å². The number of nitrogens with one attached hydrogen (secondary N) is 1. The average molecular weight is 264 g/mol. The molecular formula is C10H11ClFNO2S. The average Bonchev–Trinajstić information content (AvgIpc) is 2.98. The van der Waals surface area contributed by atoms with Crippen molar-refractivity contribution in [2.75, 3.05) is 5.88 Å². The third-order valence-electron chi connectivity index (χ3n) is 2.58. The summed E-state index contributed by atoms with van der Waals surface area (Å²) in [7, 11) is -3.59. The molecule has 88 valence electrons. The molecule has 0 unspecified atom stereocenters. The number of rotatable bonds is 4. The second-order valence-electron chi connectivity index (χ2n) is 3.97. The van der Waals surface area contributed by atoms with E-state index < -0.39 is 21.4 Å². The Labute approximate surface area is 98.7 Å². The summed E-state index contributed by atoms with van der Waals surface area (Å²) in [6.45, 7) is 0. The van der Waals surface area contributed by atoms with E-state index in [2.05, 4.69) is 4.72 Å². The van der Waals surface area contributed by atoms with Gasteiger partial charge in [-0.3, -0.25) is 0 Å². The highest BCUT2D eigenvalue weighted by Crippen LogP contribution is 2.37. The van der Waals surface area contributed by atoms with Crippen molar-refractivity contribution in [1.82, 2.24) is 4.72 Å². The zero-order valence-electron chi connectivity index (χ0n) is 8.41. The molecule has 16 heavy (non-hydrogen) atoms. The number of alkyl halides is 1. The summed E-state index contributed by atoms with van der Waals surface area (Å²) in [6.07, 6.45) is 1.49. The predicted molar refractivity (Wildman–Crippen MR) is 59.4 cm³/mol. The maximum Gasteiger partial charge on any atom is 0.241 e. The largest absolute Gasteiger partial charge is 0.241 e. The molecule has 0 aromatic heterocycles. The van der Waals surface area contributed by atoms with Gasteiger partial charge >= 0.3 is 0 Å². The van der Waals surface area contributed by atoms with Gasteiger partial charge in [0.15, 0.2) is 0 Å². The van der Waals surface area contributed by atoms with Crippen LogP contribution in [0.1, 0.15) is 12.8 Å². The SMILES string of the molecule is O=S(=O)(NC1(CCl)CC1)c1ccc(F)cc1. The Morgan fingerprint density at radius 2 is 1.88 bits per heavy atom. The highest BCUT2D eigenvalue weighted by atomic mass is 35.5. The van der Waals surface area contributed by atoms with Crippen LogP contribution in [0.5, 0.6) is 0 Å². The first-order chi connectivity index (χ1) is 7.47. The van der Waals surface area contributed by atoms with E-state index >= 15 is 0 Å². The Hall–Kier alpha value is -0.650. The van der Waals surface area contributed by atoms with Crippen LogP contribution in [0.4, 0.5) is 4.39 Å². The molecule has 1 aromatic carbocycles. The van der Waals surface area contributed by atoms with Crippen LogP contribution in [0, 0.1) is 5.82 Å². The van der Waals surface area contributed by atoms with E-state index in [0.717, 1.165) is 25.0 Å². The quantitative estimate of drug-likeness (QED) is 0.843. The van der Waals surface area contributed by atoms with Crippen LogP contribution in [0.15, 0.2) is 29.2 Å². The van der Waals surface area contributed by atoms with Gasteiger partial charge in [-0.15, -0.1) is 11.6 Å². The van der Waals surface area contributed by atoms with Crippen LogP contribution >= 0.6 is 11.6 Å². The Bertz CT molecular complexity index is 482. The highest BCUT2D eigenvalue weighted by Gasteiger charge is 2.45. The zero-order chi connectivity index (χ0) is 11.8. The minimum atomic E-state index is -3.59. The fraction of sp³-hybridized carbons (Fsp3) is 0.400. The molecule has 0 spiro atoms. The first-order valence-electron chi connectivity index (χ1n) is 4.83. The molecule has 1 aliphatic rings. The van der Waals surface area contributed by atoms with E-state index in [9.17, 15) is 12.8 Å². The molecule has 1 aliphatic carbocycles. The molecule has 0 bridgehead atoms. The normalized spacial score (nSPS) is 18.4. The van der Waals surface area contributed by atoms with Crippen LogP contribution in [-0.4, -0.2) is 19.8 Å². The molecule has 0 saturated heterocycles. The van der Waals surface area contributed by atoms with Gasteiger partial charge in [-0.05, 0) is 37.1 Å². The predicted octanol–water partition coefficient (Wildman–Crippen LogP) is 1.88. The Balaban J connectivity index is 2.22. The van der Waals surface area contributed by atoms with E-state index in [0.29, 0.717) is 0 Å². The molecule has 2 rings (SSSR count). The maximum atomic E-state index is 12.7. The lowest BCUT2D eigenvalue weighted by Gasteiger charge is -2.14. The summed E-state index contributed by atoms with van der Waals surface area (Å²) in [6, 6.07) is 4.72. The minimum Gasteiger partial charge on any atom is -0.207 e. The summed E-state index contributed by atoms with van der Waals surface area (Å²) < 4.78 is 38.9. The van der Waals surface area contributed by atoms with Gasteiger partial charge in [0.25, 0.3) is 0 Å². The highest BCUT2D eigenvalue weighted by molar-refractivity contribution is 7.89. The number of hydrogen-bond donors (Lipinski definition) is 1. The molecule has 0 radical (unpaired) electrons. The molecule has 1 saturated carbocycles. The molecule has 1 fully saturated rings. The van der Waals surface area contributed by atoms with Gasteiger partial charge in [0.2, 0.25) is 10.0 Å². The third-order valence-corrected chi connectivity index (χ3v) is 4.69. The standard InChI is InChI=1S/C10H11ClFNO2S/c11-7-10(5-6-10)13-16(14,15)9-3-1-8(12)2-4-9/h1-4,13H,5-7H2. The van der Waals surface area contributed by atoms with Crippen LogP contribution in [0.2, 0.25) is 0 Å². The van der Waals surface area contributed by atoms with E-state index in [1.807, 2.05) is 0 Å². The number of benzene rings is 1. The van der Waals surface area contributed by atoms with Crippen LogP contribution in [-0.2, 0) is 10.0 Å². The topological polar surface area (TPSA) is 46.2 Å². The Morgan fingerprint density at radius 3 is 2.31 bits per heavy atom. The number of halogens is 2. The summed E-state index contributed by atoms with van der Waals surface area (Å²) >= 11 is 5.69. The summed E-state index contributed by atoms with van der Waals surface area (Å²) in [5, 5.41) is 0. The molecular weight excluding hydrogens is 253 g/mol. The lowest BCUT2D eigenvalue weighted by Crippen LogP contribution is -2.38. The van der Waals surface area contributed by atoms with Crippen LogP contribution < -0.4 is 4.72 Å². The summed E-state index contributed by atoms with van der Waals surface area (Å²) in [5.41, 5.74) is -0.491. The molecule has 0 atom stereocenters. The van der Waals surface area contributed by atoms with Gasteiger partial charge in [-0.25, -0.2) is 17.5 Å². The van der Waals surface area contributed by atoms with Crippen molar-refractivity contribution >= 4 is 21.6 Å². The van der Waals surface area contributed by atoms with Crippen LogP contribution in [0.3, 0.4) is 0 Å². The Kier molecular flexibility index (Phi) is 2.94. The van der Waals surface area contributed by atoms with Crippen molar-refractivity contribution in [3.05, 3.63) is 30.1 Å². The molecule has 1 N–H and O–H groups in total. The van der Waals surface area contributed by atoms with Crippen molar-refractivity contribution in [1.29, 1.82) is 0 Å². The molecule has 1 aromatic rings. The number of sulfonamides is 1. The minimum absolute atomic E-state index is 0.0605. The monoisotopic (exact) mass is 263 g/mol. The molecule has 3 nitrogen and oxygen atoms in total. The van der Waals surface area contributed by atoms with Crippen molar-refractivity contribution in [3.63, 3.8) is 0 Å². The van der Waals surface area contributed by atoms with E-state index in [-0.39, 0.29) is 10.8 Å². The zero-order valence-corrected chi connectivity index (χ0v) is 9.98. The van der Waals surface area contributed by atoms with Crippen molar-refractivity contribution < 1.29 is 12.8 Å². The fourth-order valence-electron chi connectivity index (χ4n) is 1.37. The molecule has 6 heteroatoms. The second kappa shape index (κ2) is 3.98. The van der Waals surface area contributed by atoms with Crippen molar-refractivity contribution in [2.45, 2.75) is 23.3 Å². The van der Waals surface area contributed by atoms with Gasteiger partial charge < -0.3 is 0 Å². The number of hydrogen-bond acceptors (Lipinski definition) is 2. The first-order valence-corrected chi connectivity index (χ1v) is 6.85. The second-order valence-corrected chi connectivity index (χ2v) is 5.92. The maximum absolute atomic E-state index is 12.7. The van der Waals surface area contributed by atoms with E-state index in [1.165, 1.54) is 12.1 Å². The lowest BCUT2D eigenvalue weighted by molar-refractivity contribution is 0.559. The van der Waals surface area contributed by atoms with E-state index in [4.69, 9.17) is 11.6 Å². The Morgan fingerprint density at radius 1 is 1.31 bits per heavy atom. The van der Waals surface area contributed by atoms with Crippen LogP contribution in [0.25, 0.3) is 0 Å². The lowest BCUT2D eigenvalue weighted by atomic mass is 10.3. The first kappa shape index (κ1) is 11.8. The van der Waals surface area contributed by atoms with E-state index in [1.54, 1.807) is 0 Å². The summed E-state index contributed by atoms with van der Waals surface area (Å²) in [4.78, 5) is 0.0605. The third kappa shape index (κ3) is 2.36.